The van der Waals surface area contributed by atoms with Crippen LogP contribution in [-0.4, -0.2) is 21.3 Å². The van der Waals surface area contributed by atoms with E-state index in [2.05, 4.69) is 64.1 Å². The summed E-state index contributed by atoms with van der Waals surface area (Å²) in [7, 11) is 0. The third-order valence-electron chi connectivity index (χ3n) is 4.57. The summed E-state index contributed by atoms with van der Waals surface area (Å²) in [5.74, 6) is 0. The molecular weight excluding hydrogens is 332 g/mol. The first kappa shape index (κ1) is 17.5. The smallest absolute Gasteiger partial charge is 0.0951 e. The van der Waals surface area contributed by atoms with Gasteiger partial charge in [0.2, 0.25) is 0 Å². The van der Waals surface area contributed by atoms with Gasteiger partial charge in [0.25, 0.3) is 0 Å². The van der Waals surface area contributed by atoms with E-state index in [4.69, 9.17) is 5.11 Å². The molecule has 25 heavy (non-hydrogen) atoms. The molecule has 4 aromatic rings. The van der Waals surface area contributed by atoms with Gasteiger partial charge < -0.3 is 9.67 Å². The van der Waals surface area contributed by atoms with E-state index in [0.717, 1.165) is 19.4 Å². The predicted molar refractivity (Wildman–Crippen MR) is 105 cm³/mol. The van der Waals surface area contributed by atoms with Crippen LogP contribution in [0.1, 0.15) is 17.7 Å². The fraction of sp³-hybridized carbons (Fsp3) is 0.190. The van der Waals surface area contributed by atoms with Crippen molar-refractivity contribution in [1.82, 2.24) is 9.55 Å². The van der Waals surface area contributed by atoms with E-state index in [1.54, 1.807) is 0 Å². The van der Waals surface area contributed by atoms with Crippen LogP contribution in [0.4, 0.5) is 0 Å². The molecule has 0 spiro atoms. The van der Waals surface area contributed by atoms with Crippen LogP contribution in [0, 0.1) is 0 Å². The molecule has 0 amide bonds. The molecule has 3 aromatic carbocycles. The standard InChI is InChI=1S/C21H20N2O.ClH/c24-10-4-9-20-13-22-15-23(20)14-19-8-3-7-18-11-16-5-1-2-6-17(16)12-21(18)19;/h1-3,5-8,11-13,15,24H,4,9-10,14H2;1H. The Labute approximate surface area is 153 Å². The van der Waals surface area contributed by atoms with Gasteiger partial charge in [-0.25, -0.2) is 4.98 Å². The van der Waals surface area contributed by atoms with Gasteiger partial charge in [0, 0.05) is 25.0 Å². The van der Waals surface area contributed by atoms with Crippen molar-refractivity contribution >= 4 is 34.0 Å². The molecule has 0 unspecified atom stereocenters. The van der Waals surface area contributed by atoms with Gasteiger partial charge in [0.05, 0.1) is 6.33 Å². The Balaban J connectivity index is 0.00000182. The Morgan fingerprint density at radius 2 is 1.68 bits per heavy atom. The molecule has 0 fully saturated rings. The number of aromatic nitrogens is 2. The lowest BCUT2D eigenvalue weighted by Gasteiger charge is -2.11. The Bertz CT molecular complexity index is 993. The van der Waals surface area contributed by atoms with Gasteiger partial charge in [0.1, 0.15) is 0 Å². The first-order valence-corrected chi connectivity index (χ1v) is 8.35. The first-order chi connectivity index (χ1) is 11.8. The summed E-state index contributed by atoms with van der Waals surface area (Å²) in [6.45, 7) is 1.02. The molecule has 128 valence electrons. The molecule has 4 rings (SSSR count). The van der Waals surface area contributed by atoms with E-state index in [0.29, 0.717) is 0 Å². The Kier molecular flexibility index (Phi) is 5.37. The van der Waals surface area contributed by atoms with Gasteiger partial charge >= 0.3 is 0 Å². The number of fused-ring (bicyclic) bond motifs is 2. The van der Waals surface area contributed by atoms with E-state index in [9.17, 15) is 0 Å². The molecule has 3 nitrogen and oxygen atoms in total. The lowest BCUT2D eigenvalue weighted by atomic mass is 9.99. The van der Waals surface area contributed by atoms with Crippen LogP contribution < -0.4 is 0 Å². The number of aliphatic hydroxyl groups is 1. The van der Waals surface area contributed by atoms with Gasteiger partial charge in [0.15, 0.2) is 0 Å². The maximum absolute atomic E-state index is 9.06. The highest BCUT2D eigenvalue weighted by Crippen LogP contribution is 2.26. The zero-order valence-corrected chi connectivity index (χ0v) is 14.7. The monoisotopic (exact) mass is 352 g/mol. The first-order valence-electron chi connectivity index (χ1n) is 8.35. The van der Waals surface area contributed by atoms with Crippen molar-refractivity contribution in [3.63, 3.8) is 0 Å². The molecule has 0 atom stereocenters. The van der Waals surface area contributed by atoms with Crippen molar-refractivity contribution in [3.05, 3.63) is 78.4 Å². The second kappa shape index (κ2) is 7.68. The minimum Gasteiger partial charge on any atom is -0.396 e. The Morgan fingerprint density at radius 3 is 2.48 bits per heavy atom. The molecule has 0 saturated carbocycles. The van der Waals surface area contributed by atoms with Crippen molar-refractivity contribution < 1.29 is 5.11 Å². The summed E-state index contributed by atoms with van der Waals surface area (Å²) >= 11 is 0. The average Bonchev–Trinajstić information content (AvgIpc) is 3.05. The molecule has 1 heterocycles. The molecule has 0 aliphatic carbocycles. The number of halogens is 1. The van der Waals surface area contributed by atoms with Gasteiger partial charge in [-0.1, -0.05) is 42.5 Å². The van der Waals surface area contributed by atoms with E-state index >= 15 is 0 Å². The number of rotatable bonds is 5. The maximum atomic E-state index is 9.06. The minimum atomic E-state index is 0. The highest BCUT2D eigenvalue weighted by Gasteiger charge is 2.07. The quantitative estimate of drug-likeness (QED) is 0.534. The fourth-order valence-corrected chi connectivity index (χ4v) is 3.31. The van der Waals surface area contributed by atoms with E-state index in [-0.39, 0.29) is 19.0 Å². The number of nitrogens with zero attached hydrogens (tertiary/aromatic N) is 2. The lowest BCUT2D eigenvalue weighted by Crippen LogP contribution is -2.04. The van der Waals surface area contributed by atoms with Crippen LogP contribution in [0.25, 0.3) is 21.5 Å². The molecule has 0 aliphatic heterocycles. The van der Waals surface area contributed by atoms with Crippen LogP contribution in [0.2, 0.25) is 0 Å². The van der Waals surface area contributed by atoms with Gasteiger partial charge in [-0.15, -0.1) is 12.4 Å². The lowest BCUT2D eigenvalue weighted by molar-refractivity contribution is 0.287. The number of benzene rings is 3. The van der Waals surface area contributed by atoms with E-state index in [1.807, 2.05) is 12.5 Å². The normalized spacial score (nSPS) is 10.9. The van der Waals surface area contributed by atoms with Gasteiger partial charge in [-0.2, -0.15) is 0 Å². The van der Waals surface area contributed by atoms with Crippen LogP contribution in [-0.2, 0) is 13.0 Å². The SMILES string of the molecule is Cl.OCCCc1cncn1Cc1cccc2cc3ccccc3cc12. The number of hydrogen-bond acceptors (Lipinski definition) is 2. The van der Waals surface area contributed by atoms with Crippen molar-refractivity contribution in [2.24, 2.45) is 0 Å². The van der Waals surface area contributed by atoms with Crippen LogP contribution in [0.15, 0.2) is 67.1 Å². The summed E-state index contributed by atoms with van der Waals surface area (Å²) in [5, 5.41) is 14.2. The Hall–Kier alpha value is -2.36. The fourth-order valence-electron chi connectivity index (χ4n) is 3.31. The number of aryl methyl sites for hydroxylation is 1. The molecular formula is C21H21ClN2O. The number of imidazole rings is 1. The summed E-state index contributed by atoms with van der Waals surface area (Å²) in [6, 6.07) is 19.5. The third kappa shape index (κ3) is 3.53. The molecule has 0 bridgehead atoms. The largest absolute Gasteiger partial charge is 0.396 e. The third-order valence-corrected chi connectivity index (χ3v) is 4.57. The second-order valence-electron chi connectivity index (χ2n) is 6.18. The van der Waals surface area contributed by atoms with Crippen molar-refractivity contribution in [2.75, 3.05) is 6.61 Å². The van der Waals surface area contributed by atoms with Crippen LogP contribution in [0.5, 0.6) is 0 Å². The topological polar surface area (TPSA) is 38.1 Å². The maximum Gasteiger partial charge on any atom is 0.0951 e. The van der Waals surface area contributed by atoms with Crippen molar-refractivity contribution in [2.45, 2.75) is 19.4 Å². The second-order valence-corrected chi connectivity index (χ2v) is 6.18. The van der Waals surface area contributed by atoms with Crippen LogP contribution in [0.3, 0.4) is 0 Å². The van der Waals surface area contributed by atoms with Gasteiger partial charge in [-0.3, -0.25) is 0 Å². The molecule has 0 saturated heterocycles. The summed E-state index contributed by atoms with van der Waals surface area (Å²) < 4.78 is 2.18. The zero-order valence-electron chi connectivity index (χ0n) is 13.9. The molecule has 0 aliphatic rings. The Morgan fingerprint density at radius 1 is 0.920 bits per heavy atom. The van der Waals surface area contributed by atoms with Crippen molar-refractivity contribution in [1.29, 1.82) is 0 Å². The zero-order chi connectivity index (χ0) is 16.4. The summed E-state index contributed by atoms with van der Waals surface area (Å²) in [6.07, 6.45) is 5.40. The highest BCUT2D eigenvalue weighted by molar-refractivity contribution is 5.99. The molecule has 4 heteroatoms. The summed E-state index contributed by atoms with van der Waals surface area (Å²) in [4.78, 5) is 4.28. The van der Waals surface area contributed by atoms with E-state index < -0.39 is 0 Å². The average molecular weight is 353 g/mol. The van der Waals surface area contributed by atoms with Gasteiger partial charge in [-0.05, 0) is 52.1 Å². The minimum absolute atomic E-state index is 0. The predicted octanol–water partition coefficient (Wildman–Crippen LogP) is 4.58. The molecule has 1 N–H and O–H groups in total. The van der Waals surface area contributed by atoms with E-state index in [1.165, 1.54) is 32.8 Å². The van der Waals surface area contributed by atoms with Crippen LogP contribution >= 0.6 is 12.4 Å². The molecule has 0 radical (unpaired) electrons. The van der Waals surface area contributed by atoms with Crippen molar-refractivity contribution in [3.8, 4) is 0 Å². The number of hydrogen-bond donors (Lipinski definition) is 1. The molecule has 1 aromatic heterocycles. The number of aliphatic hydroxyl groups excluding tert-OH is 1. The summed E-state index contributed by atoms with van der Waals surface area (Å²) in [5.41, 5.74) is 2.46. The highest BCUT2D eigenvalue weighted by atomic mass is 35.5.